The van der Waals surface area contributed by atoms with Gasteiger partial charge in [0.05, 0.1) is 6.26 Å². The van der Waals surface area contributed by atoms with Gasteiger partial charge in [0.25, 0.3) is 10.1 Å². The fourth-order valence-electron chi connectivity index (χ4n) is 9.03. The first-order valence-corrected chi connectivity index (χ1v) is 13.3. The number of allylic oxidation sites excluding steroid dienone is 2. The number of carbonyl (C=O) groups is 1. The molecule has 6 aliphatic rings. The predicted octanol–water partition coefficient (Wildman–Crippen LogP) is 3.62. The van der Waals surface area contributed by atoms with Crippen molar-refractivity contribution in [3.63, 3.8) is 0 Å². The van der Waals surface area contributed by atoms with E-state index in [4.69, 9.17) is 13.7 Å². The largest absolute Gasteiger partial charge is 0.509 e. The zero-order valence-corrected chi connectivity index (χ0v) is 18.9. The second-order valence-corrected chi connectivity index (χ2v) is 13.3. The molecule has 7 heteroatoms. The zero-order chi connectivity index (χ0) is 21.2. The van der Waals surface area contributed by atoms with Crippen molar-refractivity contribution in [1.29, 1.82) is 0 Å². The van der Waals surface area contributed by atoms with Crippen molar-refractivity contribution in [3.8, 4) is 0 Å². The lowest BCUT2D eigenvalue weighted by atomic mass is 9.60. The lowest BCUT2D eigenvalue weighted by molar-refractivity contribution is -0.103. The third-order valence-electron chi connectivity index (χ3n) is 9.16. The third-order valence-corrected chi connectivity index (χ3v) is 9.73. The molecule has 0 aromatic carbocycles. The summed E-state index contributed by atoms with van der Waals surface area (Å²) in [5, 5.41) is 0. The molecule has 12 unspecified atom stereocenters. The van der Waals surface area contributed by atoms with Crippen LogP contribution in [0, 0.1) is 59.2 Å². The highest BCUT2D eigenvalue weighted by Crippen LogP contribution is 2.76. The van der Waals surface area contributed by atoms with Crippen molar-refractivity contribution in [2.75, 3.05) is 6.26 Å². The Morgan fingerprint density at radius 3 is 1.90 bits per heavy atom. The molecule has 12 atom stereocenters. The van der Waals surface area contributed by atoms with Gasteiger partial charge in [-0.25, -0.2) is 4.79 Å². The maximum absolute atomic E-state index is 12.5. The van der Waals surface area contributed by atoms with Crippen molar-refractivity contribution in [3.05, 3.63) is 12.2 Å². The molecule has 5 saturated carbocycles. The van der Waals surface area contributed by atoms with E-state index in [2.05, 4.69) is 12.2 Å². The highest BCUT2D eigenvalue weighted by atomic mass is 32.2. The van der Waals surface area contributed by atoms with E-state index in [9.17, 15) is 13.2 Å². The zero-order valence-electron chi connectivity index (χ0n) is 18.1. The number of fused-ring (bicyclic) bond motifs is 16. The minimum Gasteiger partial charge on any atom is -0.429 e. The van der Waals surface area contributed by atoms with Gasteiger partial charge in [0.1, 0.15) is 17.8 Å². The highest BCUT2D eigenvalue weighted by molar-refractivity contribution is 7.86. The summed E-state index contributed by atoms with van der Waals surface area (Å²) < 4.78 is 40.9. The van der Waals surface area contributed by atoms with E-state index in [1.807, 2.05) is 0 Å². The maximum Gasteiger partial charge on any atom is 0.509 e. The van der Waals surface area contributed by atoms with Crippen LogP contribution in [-0.4, -0.2) is 38.6 Å². The van der Waals surface area contributed by atoms with E-state index in [1.54, 1.807) is 20.8 Å². The van der Waals surface area contributed by atoms with Crippen LogP contribution in [0.1, 0.15) is 40.0 Å². The number of ether oxygens (including phenoxy) is 2. The van der Waals surface area contributed by atoms with E-state index >= 15 is 0 Å². The van der Waals surface area contributed by atoms with Gasteiger partial charge in [-0.05, 0) is 93.3 Å². The van der Waals surface area contributed by atoms with Crippen molar-refractivity contribution >= 4 is 16.3 Å². The topological polar surface area (TPSA) is 78.9 Å². The van der Waals surface area contributed by atoms with Crippen LogP contribution in [0.4, 0.5) is 4.79 Å². The Kier molecular flexibility index (Phi) is 3.94. The van der Waals surface area contributed by atoms with Gasteiger partial charge in [-0.2, -0.15) is 8.42 Å². The van der Waals surface area contributed by atoms with Gasteiger partial charge >= 0.3 is 6.16 Å². The molecule has 0 saturated heterocycles. The number of hydrogen-bond acceptors (Lipinski definition) is 6. The smallest absolute Gasteiger partial charge is 0.429 e. The van der Waals surface area contributed by atoms with Gasteiger partial charge in [-0.15, -0.1) is 0 Å². The Hall–Kier alpha value is -1.08. The maximum atomic E-state index is 12.5. The number of carbonyl (C=O) groups excluding carboxylic acids is 1. The number of hydrogen-bond donors (Lipinski definition) is 0. The van der Waals surface area contributed by atoms with Crippen LogP contribution in [0.2, 0.25) is 0 Å². The lowest BCUT2D eigenvalue weighted by Crippen LogP contribution is -2.51. The third kappa shape index (κ3) is 2.70. The minimum atomic E-state index is -3.64. The van der Waals surface area contributed by atoms with Crippen LogP contribution >= 0.6 is 0 Å². The summed E-state index contributed by atoms with van der Waals surface area (Å²) in [6, 6.07) is 0. The van der Waals surface area contributed by atoms with Gasteiger partial charge in [-0.1, -0.05) is 12.2 Å². The monoisotopic (exact) mass is 436 g/mol. The Bertz CT molecular complexity index is 903. The van der Waals surface area contributed by atoms with Gasteiger partial charge in [-0.3, -0.25) is 4.18 Å². The van der Waals surface area contributed by atoms with Crippen molar-refractivity contribution < 1.29 is 26.9 Å². The average molecular weight is 437 g/mol. The lowest BCUT2D eigenvalue weighted by Gasteiger charge is -2.47. The summed E-state index contributed by atoms with van der Waals surface area (Å²) in [6.07, 6.45) is 7.61. The van der Waals surface area contributed by atoms with E-state index in [0.29, 0.717) is 23.7 Å². The van der Waals surface area contributed by atoms with Gasteiger partial charge in [0, 0.05) is 5.92 Å². The highest BCUT2D eigenvalue weighted by Gasteiger charge is 2.74. The summed E-state index contributed by atoms with van der Waals surface area (Å²) in [6.45, 7) is 5.40. The van der Waals surface area contributed by atoms with Crippen molar-refractivity contribution in [1.82, 2.24) is 0 Å². The summed E-state index contributed by atoms with van der Waals surface area (Å²) in [5.74, 6) is 5.73. The standard InChI is InChI=1S/C23H32O6S/c1-23(2,3)28-22(24)27-20-14-9-15(21(20)29-30(4,25)26)19-13-8-12(18(14)19)16-10-5-6-11(7-10)17(13)16/h5-6,10-21H,7-9H2,1-4H3. The molecule has 6 aliphatic carbocycles. The first-order valence-electron chi connectivity index (χ1n) is 11.5. The van der Waals surface area contributed by atoms with Crippen molar-refractivity contribution in [2.24, 2.45) is 59.2 Å². The minimum absolute atomic E-state index is 0.154. The Morgan fingerprint density at radius 1 is 0.833 bits per heavy atom. The molecular weight excluding hydrogens is 404 g/mol. The fraction of sp³-hybridized carbons (Fsp3) is 0.870. The van der Waals surface area contributed by atoms with E-state index < -0.39 is 34.1 Å². The van der Waals surface area contributed by atoms with Crippen LogP contribution in [0.3, 0.4) is 0 Å². The van der Waals surface area contributed by atoms with E-state index in [-0.39, 0.29) is 11.8 Å². The van der Waals surface area contributed by atoms with Crippen LogP contribution in [-0.2, 0) is 23.8 Å². The second kappa shape index (κ2) is 6.03. The molecule has 0 amide bonds. The van der Waals surface area contributed by atoms with E-state index in [0.717, 1.165) is 36.3 Å². The normalized spacial score (nSPS) is 52.0. The molecular formula is C23H32O6S. The van der Waals surface area contributed by atoms with E-state index in [1.165, 1.54) is 12.8 Å². The molecule has 0 spiro atoms. The van der Waals surface area contributed by atoms with Crippen LogP contribution < -0.4 is 0 Å². The SMILES string of the molecule is CC(C)(C)OC(=O)OC1C2CC(C1OS(C)(=O)=O)C1C3CC(C4C5C=CC(C5)C34)C21. The molecule has 30 heavy (non-hydrogen) atoms. The number of rotatable bonds is 3. The Morgan fingerprint density at radius 2 is 1.37 bits per heavy atom. The quantitative estimate of drug-likeness (QED) is 0.291. The van der Waals surface area contributed by atoms with Crippen LogP contribution in [0.25, 0.3) is 0 Å². The van der Waals surface area contributed by atoms with Crippen LogP contribution in [0.15, 0.2) is 12.2 Å². The van der Waals surface area contributed by atoms with Crippen LogP contribution in [0.5, 0.6) is 0 Å². The fourth-order valence-corrected chi connectivity index (χ4v) is 9.68. The summed E-state index contributed by atoms with van der Waals surface area (Å²) in [5.41, 5.74) is -0.653. The van der Waals surface area contributed by atoms with Gasteiger partial charge in [0.15, 0.2) is 0 Å². The Labute approximate surface area is 178 Å². The molecule has 6 bridgehead atoms. The molecule has 0 heterocycles. The first kappa shape index (κ1) is 19.6. The first-order chi connectivity index (χ1) is 14.0. The molecule has 0 radical (unpaired) electrons. The molecule has 0 aromatic rings. The van der Waals surface area contributed by atoms with Crippen molar-refractivity contribution in [2.45, 2.75) is 57.8 Å². The molecule has 0 aromatic heterocycles. The molecule has 6 rings (SSSR count). The molecule has 5 fully saturated rings. The van der Waals surface area contributed by atoms with Gasteiger partial charge < -0.3 is 9.47 Å². The summed E-state index contributed by atoms with van der Waals surface area (Å²) in [7, 11) is -3.64. The molecule has 166 valence electrons. The predicted molar refractivity (Wildman–Crippen MR) is 109 cm³/mol. The average Bonchev–Trinajstić information content (AvgIpc) is 3.39. The summed E-state index contributed by atoms with van der Waals surface area (Å²) in [4.78, 5) is 12.5. The molecule has 6 nitrogen and oxygen atoms in total. The summed E-state index contributed by atoms with van der Waals surface area (Å²) >= 11 is 0. The second-order valence-electron chi connectivity index (χ2n) is 11.7. The Balaban J connectivity index is 1.30. The molecule has 0 aliphatic heterocycles. The van der Waals surface area contributed by atoms with Gasteiger partial charge in [0.2, 0.25) is 0 Å². The molecule has 0 N–H and O–H groups in total.